The molecule has 0 spiro atoms. The first kappa shape index (κ1) is 17.2. The topological polar surface area (TPSA) is 43.4 Å². The Hall–Kier alpha value is -1.20. The third kappa shape index (κ3) is 4.65. The van der Waals surface area contributed by atoms with Gasteiger partial charge in [0.1, 0.15) is 11.2 Å². The number of hydrogen-bond donors (Lipinski definition) is 0. The van der Waals surface area contributed by atoms with Gasteiger partial charge in [-0.1, -0.05) is 30.3 Å². The van der Waals surface area contributed by atoms with E-state index in [9.17, 15) is 9.59 Å². The largest absolute Gasteiger partial charge is 0.456 e. The van der Waals surface area contributed by atoms with Gasteiger partial charge < -0.3 is 4.74 Å². The Morgan fingerprint density at radius 1 is 1.05 bits per heavy atom. The number of ketones is 1. The van der Waals surface area contributed by atoms with E-state index in [2.05, 4.69) is 0 Å². The van der Waals surface area contributed by atoms with Crippen molar-refractivity contribution in [2.45, 2.75) is 32.8 Å². The molecule has 1 aromatic rings. The summed E-state index contributed by atoms with van der Waals surface area (Å²) in [4.78, 5) is 25.3. The molecule has 0 atom stereocenters. The fourth-order valence-electron chi connectivity index (χ4n) is 1.91. The second-order valence-electron chi connectivity index (χ2n) is 5.91. The summed E-state index contributed by atoms with van der Waals surface area (Å²) in [6.07, 6.45) is 1.08. The monoisotopic (exact) mass is 336 g/mol. The highest BCUT2D eigenvalue weighted by Crippen LogP contribution is 2.38. The minimum atomic E-state index is -0.621. The first-order valence-corrected chi connectivity index (χ1v) is 9.18. The van der Waals surface area contributed by atoms with E-state index in [0.717, 1.165) is 22.2 Å². The van der Waals surface area contributed by atoms with Crippen LogP contribution < -0.4 is 0 Å². The molecule has 0 saturated carbocycles. The molecule has 1 aliphatic rings. The number of esters is 1. The highest BCUT2D eigenvalue weighted by Gasteiger charge is 2.30. The van der Waals surface area contributed by atoms with Crippen LogP contribution in [0.3, 0.4) is 0 Å². The lowest BCUT2D eigenvalue weighted by Crippen LogP contribution is -2.28. The number of carbonyl (C=O) groups is 2. The third-order valence-corrected chi connectivity index (χ3v) is 5.45. The van der Waals surface area contributed by atoms with Gasteiger partial charge in [0.2, 0.25) is 5.78 Å². The normalized spacial score (nSPS) is 15.3. The molecule has 0 aromatic heterocycles. The Bertz CT molecular complexity index is 578. The summed E-state index contributed by atoms with van der Waals surface area (Å²) >= 11 is 3.14. The average Bonchev–Trinajstić information content (AvgIpc) is 2.47. The predicted octanol–water partition coefficient (Wildman–Crippen LogP) is 4.29. The Balaban J connectivity index is 2.38. The molecule has 1 saturated heterocycles. The third-order valence-electron chi connectivity index (χ3n) is 2.83. The minimum Gasteiger partial charge on any atom is -0.456 e. The number of ether oxygens (including phenoxy) is 1. The predicted molar refractivity (Wildman–Crippen MR) is 93.2 cm³/mol. The van der Waals surface area contributed by atoms with E-state index >= 15 is 0 Å². The van der Waals surface area contributed by atoms with Gasteiger partial charge in [-0.2, -0.15) is 0 Å². The zero-order valence-electron chi connectivity index (χ0n) is 13.0. The van der Waals surface area contributed by atoms with Gasteiger partial charge in [-0.15, -0.1) is 23.5 Å². The summed E-state index contributed by atoms with van der Waals surface area (Å²) in [7, 11) is 0. The Kier molecular flexibility index (Phi) is 5.75. The SMILES string of the molecule is CC(C)(C)OC(=O)C(C(=O)c1ccccc1)=C1SCCCS1. The quantitative estimate of drug-likeness (QED) is 0.271. The van der Waals surface area contributed by atoms with Crippen molar-refractivity contribution in [2.75, 3.05) is 11.5 Å². The summed E-state index contributed by atoms with van der Waals surface area (Å²) in [5, 5.41) is 0. The Morgan fingerprint density at radius 2 is 1.64 bits per heavy atom. The van der Waals surface area contributed by atoms with Crippen LogP contribution in [-0.2, 0) is 9.53 Å². The van der Waals surface area contributed by atoms with Gasteiger partial charge in [0, 0.05) is 5.56 Å². The van der Waals surface area contributed by atoms with Crippen molar-refractivity contribution < 1.29 is 14.3 Å². The second-order valence-corrected chi connectivity index (χ2v) is 8.38. The molecule has 1 fully saturated rings. The fourth-order valence-corrected chi connectivity index (χ4v) is 4.51. The van der Waals surface area contributed by atoms with Gasteiger partial charge in [0.05, 0.1) is 4.24 Å². The molecule has 0 radical (unpaired) electrons. The molecule has 0 unspecified atom stereocenters. The van der Waals surface area contributed by atoms with Crippen LogP contribution in [0.5, 0.6) is 0 Å². The van der Waals surface area contributed by atoms with Crippen LogP contribution in [-0.4, -0.2) is 28.9 Å². The van der Waals surface area contributed by atoms with Crippen molar-refractivity contribution in [1.82, 2.24) is 0 Å². The summed E-state index contributed by atoms with van der Waals surface area (Å²) in [5.74, 6) is 1.07. The van der Waals surface area contributed by atoms with E-state index in [-0.39, 0.29) is 11.4 Å². The molecule has 5 heteroatoms. The zero-order valence-corrected chi connectivity index (χ0v) is 14.7. The fraction of sp³-hybridized carbons (Fsp3) is 0.412. The lowest BCUT2D eigenvalue weighted by atomic mass is 10.0. The van der Waals surface area contributed by atoms with Crippen LogP contribution in [0.2, 0.25) is 0 Å². The van der Waals surface area contributed by atoms with Gasteiger partial charge in [-0.25, -0.2) is 4.79 Å². The number of Topliss-reactive ketones (excluding diaryl/α,β-unsaturated/α-hetero) is 1. The highest BCUT2D eigenvalue weighted by molar-refractivity contribution is 8.22. The van der Waals surface area contributed by atoms with E-state index in [1.54, 1.807) is 68.6 Å². The first-order chi connectivity index (χ1) is 10.4. The molecule has 0 N–H and O–H groups in total. The van der Waals surface area contributed by atoms with E-state index < -0.39 is 11.6 Å². The maximum atomic E-state index is 12.8. The second kappa shape index (κ2) is 7.38. The molecular weight excluding hydrogens is 316 g/mol. The molecular formula is C17H20O3S2. The van der Waals surface area contributed by atoms with Gasteiger partial charge in [-0.05, 0) is 38.7 Å². The number of thioether (sulfide) groups is 2. The van der Waals surface area contributed by atoms with Crippen molar-refractivity contribution in [3.63, 3.8) is 0 Å². The number of carbonyl (C=O) groups excluding carboxylic acids is 2. The molecule has 0 amide bonds. The molecule has 3 nitrogen and oxygen atoms in total. The van der Waals surface area contributed by atoms with Gasteiger partial charge in [0.25, 0.3) is 0 Å². The van der Waals surface area contributed by atoms with Crippen LogP contribution in [0.4, 0.5) is 0 Å². The van der Waals surface area contributed by atoms with E-state index in [1.165, 1.54) is 0 Å². The minimum absolute atomic E-state index is 0.177. The van der Waals surface area contributed by atoms with Crippen molar-refractivity contribution >= 4 is 35.3 Å². The average molecular weight is 336 g/mol. The number of rotatable bonds is 3. The molecule has 1 aliphatic heterocycles. The summed E-state index contributed by atoms with van der Waals surface area (Å²) in [6, 6.07) is 8.90. The Morgan fingerprint density at radius 3 is 2.18 bits per heavy atom. The maximum Gasteiger partial charge on any atom is 0.344 e. The van der Waals surface area contributed by atoms with Crippen molar-refractivity contribution in [3.05, 3.63) is 45.7 Å². The van der Waals surface area contributed by atoms with Crippen molar-refractivity contribution in [3.8, 4) is 0 Å². The van der Waals surface area contributed by atoms with Crippen LogP contribution in [0, 0.1) is 0 Å². The summed E-state index contributed by atoms with van der Waals surface area (Å²) in [6.45, 7) is 5.42. The zero-order chi connectivity index (χ0) is 16.2. The van der Waals surface area contributed by atoms with Gasteiger partial charge >= 0.3 is 5.97 Å². The number of hydrogen-bond acceptors (Lipinski definition) is 5. The molecule has 1 heterocycles. The Labute approximate surface area is 139 Å². The van der Waals surface area contributed by atoms with Crippen LogP contribution in [0.25, 0.3) is 0 Å². The highest BCUT2D eigenvalue weighted by atomic mass is 32.2. The van der Waals surface area contributed by atoms with Gasteiger partial charge in [-0.3, -0.25) is 4.79 Å². The molecule has 22 heavy (non-hydrogen) atoms. The van der Waals surface area contributed by atoms with Crippen molar-refractivity contribution in [1.29, 1.82) is 0 Å². The van der Waals surface area contributed by atoms with Gasteiger partial charge in [0.15, 0.2) is 0 Å². The van der Waals surface area contributed by atoms with Crippen LogP contribution in [0.15, 0.2) is 40.1 Å². The maximum absolute atomic E-state index is 12.8. The summed E-state index contributed by atoms with van der Waals surface area (Å²) < 4.78 is 6.24. The van der Waals surface area contributed by atoms with Crippen molar-refractivity contribution in [2.24, 2.45) is 0 Å². The molecule has 118 valence electrons. The van der Waals surface area contributed by atoms with E-state index in [1.807, 2.05) is 6.07 Å². The van der Waals surface area contributed by atoms with Crippen LogP contribution in [0.1, 0.15) is 37.6 Å². The first-order valence-electron chi connectivity index (χ1n) is 7.21. The van der Waals surface area contributed by atoms with Crippen LogP contribution >= 0.6 is 23.5 Å². The standard InChI is InChI=1S/C17H20O3S2/c1-17(2,3)20-15(19)13(16-21-10-7-11-22-16)14(18)12-8-5-4-6-9-12/h4-6,8-9H,7,10-11H2,1-3H3. The smallest absolute Gasteiger partial charge is 0.344 e. The number of benzene rings is 1. The lowest BCUT2D eigenvalue weighted by Gasteiger charge is -2.22. The lowest BCUT2D eigenvalue weighted by molar-refractivity contribution is -0.149. The molecule has 0 aliphatic carbocycles. The molecule has 1 aromatic carbocycles. The van der Waals surface area contributed by atoms with E-state index in [0.29, 0.717) is 5.56 Å². The van der Waals surface area contributed by atoms with E-state index in [4.69, 9.17) is 4.74 Å². The molecule has 2 rings (SSSR count). The summed E-state index contributed by atoms with van der Waals surface area (Å²) in [5.41, 5.74) is 0.0718. The molecule has 0 bridgehead atoms.